The zero-order chi connectivity index (χ0) is 13.3. The van der Waals surface area contributed by atoms with E-state index >= 15 is 0 Å². The minimum Gasteiger partial charge on any atom is -0.398 e. The summed E-state index contributed by atoms with van der Waals surface area (Å²) in [5.74, 6) is 0.0722. The van der Waals surface area contributed by atoms with Crippen LogP contribution in [0.2, 0.25) is 0 Å². The van der Waals surface area contributed by atoms with Crippen LogP contribution in [0.4, 0.5) is 5.69 Å². The van der Waals surface area contributed by atoms with Crippen LogP contribution in [0.15, 0.2) is 18.2 Å². The van der Waals surface area contributed by atoms with Gasteiger partial charge in [0.25, 0.3) is 5.91 Å². The number of hydrogen-bond acceptors (Lipinski definition) is 2. The van der Waals surface area contributed by atoms with Gasteiger partial charge >= 0.3 is 0 Å². The highest BCUT2D eigenvalue weighted by atomic mass is 16.2. The molecule has 0 aliphatic carbocycles. The van der Waals surface area contributed by atoms with Crippen molar-refractivity contribution in [2.45, 2.75) is 33.6 Å². The second-order valence-corrected chi connectivity index (χ2v) is 6.05. The molecule has 3 heteroatoms. The van der Waals surface area contributed by atoms with Gasteiger partial charge in [0.05, 0.1) is 5.56 Å². The molecule has 0 atom stereocenters. The van der Waals surface area contributed by atoms with E-state index in [0.29, 0.717) is 16.7 Å². The van der Waals surface area contributed by atoms with Gasteiger partial charge in [-0.25, -0.2) is 0 Å². The number of hydrogen-bond donors (Lipinski definition) is 1. The summed E-state index contributed by atoms with van der Waals surface area (Å²) < 4.78 is 0. The first-order valence-electron chi connectivity index (χ1n) is 6.54. The zero-order valence-electron chi connectivity index (χ0n) is 11.5. The number of amides is 1. The molecule has 1 aliphatic heterocycles. The summed E-state index contributed by atoms with van der Waals surface area (Å²) in [6.45, 7) is 8.16. The number of rotatable bonds is 1. The van der Waals surface area contributed by atoms with Crippen LogP contribution in [0.25, 0.3) is 0 Å². The van der Waals surface area contributed by atoms with Gasteiger partial charge in [0.1, 0.15) is 0 Å². The van der Waals surface area contributed by atoms with E-state index in [9.17, 15) is 4.79 Å². The van der Waals surface area contributed by atoms with Gasteiger partial charge in [0.15, 0.2) is 0 Å². The van der Waals surface area contributed by atoms with E-state index in [1.807, 2.05) is 30.0 Å². The SMILES string of the molecule is Cc1ccc(C(=O)N2CCC(C)(C)CC2)c(N)c1. The zero-order valence-corrected chi connectivity index (χ0v) is 11.5. The third-order valence-electron chi connectivity index (χ3n) is 3.84. The minimum atomic E-state index is 0.0722. The van der Waals surface area contributed by atoms with Crippen LogP contribution in [0, 0.1) is 12.3 Å². The number of aryl methyl sites for hydroxylation is 1. The Balaban J connectivity index is 2.13. The van der Waals surface area contributed by atoms with E-state index < -0.39 is 0 Å². The summed E-state index contributed by atoms with van der Waals surface area (Å²) in [4.78, 5) is 14.3. The van der Waals surface area contributed by atoms with E-state index in [4.69, 9.17) is 5.73 Å². The standard InChI is InChI=1S/C15H22N2O/c1-11-4-5-12(13(16)10-11)14(18)17-8-6-15(2,3)7-9-17/h4-5,10H,6-9,16H2,1-3H3. The molecule has 0 unspecified atom stereocenters. The van der Waals surface area contributed by atoms with E-state index in [-0.39, 0.29) is 5.91 Å². The quantitative estimate of drug-likeness (QED) is 0.774. The van der Waals surface area contributed by atoms with Crippen molar-refractivity contribution in [2.75, 3.05) is 18.8 Å². The lowest BCUT2D eigenvalue weighted by Crippen LogP contribution is -2.41. The van der Waals surface area contributed by atoms with Crippen LogP contribution >= 0.6 is 0 Å². The second-order valence-electron chi connectivity index (χ2n) is 6.05. The fourth-order valence-electron chi connectivity index (χ4n) is 2.36. The molecule has 0 radical (unpaired) electrons. The van der Waals surface area contributed by atoms with Crippen molar-refractivity contribution in [3.05, 3.63) is 29.3 Å². The van der Waals surface area contributed by atoms with E-state index in [1.54, 1.807) is 0 Å². The Morgan fingerprint density at radius 2 is 1.89 bits per heavy atom. The number of nitrogens with zero attached hydrogens (tertiary/aromatic N) is 1. The van der Waals surface area contributed by atoms with Crippen LogP contribution in [-0.4, -0.2) is 23.9 Å². The molecule has 2 N–H and O–H groups in total. The Bertz CT molecular complexity index is 456. The van der Waals surface area contributed by atoms with Crippen molar-refractivity contribution in [2.24, 2.45) is 5.41 Å². The maximum Gasteiger partial charge on any atom is 0.255 e. The van der Waals surface area contributed by atoms with Gasteiger partial charge in [-0.3, -0.25) is 4.79 Å². The average Bonchev–Trinajstić information content (AvgIpc) is 2.28. The molecule has 1 aromatic rings. The summed E-state index contributed by atoms with van der Waals surface area (Å²) >= 11 is 0. The molecule has 2 rings (SSSR count). The van der Waals surface area contributed by atoms with Crippen LogP contribution in [0.3, 0.4) is 0 Å². The average molecular weight is 246 g/mol. The Labute approximate surface area is 109 Å². The van der Waals surface area contributed by atoms with Crippen molar-refractivity contribution in [1.29, 1.82) is 0 Å². The lowest BCUT2D eigenvalue weighted by molar-refractivity contribution is 0.0631. The number of nitrogens with two attached hydrogens (primary N) is 1. The molecule has 1 heterocycles. The van der Waals surface area contributed by atoms with Gasteiger partial charge < -0.3 is 10.6 Å². The molecule has 3 nitrogen and oxygen atoms in total. The Kier molecular flexibility index (Phi) is 3.33. The molecule has 1 fully saturated rings. The summed E-state index contributed by atoms with van der Waals surface area (Å²) in [5.41, 5.74) is 8.61. The molecule has 1 saturated heterocycles. The van der Waals surface area contributed by atoms with Gasteiger partial charge in [0, 0.05) is 18.8 Å². The van der Waals surface area contributed by atoms with Crippen LogP contribution < -0.4 is 5.73 Å². The summed E-state index contributed by atoms with van der Waals surface area (Å²) in [6.07, 6.45) is 2.12. The molecule has 1 aliphatic rings. The van der Waals surface area contributed by atoms with Crippen LogP contribution in [0.5, 0.6) is 0 Å². The molecule has 0 spiro atoms. The topological polar surface area (TPSA) is 46.3 Å². The van der Waals surface area contributed by atoms with Crippen molar-refractivity contribution < 1.29 is 4.79 Å². The third kappa shape index (κ3) is 2.66. The highest BCUT2D eigenvalue weighted by Crippen LogP contribution is 2.30. The van der Waals surface area contributed by atoms with Gasteiger partial charge in [0.2, 0.25) is 0 Å². The van der Waals surface area contributed by atoms with Crippen molar-refractivity contribution >= 4 is 11.6 Å². The first-order chi connectivity index (χ1) is 8.39. The lowest BCUT2D eigenvalue weighted by atomic mass is 9.82. The lowest BCUT2D eigenvalue weighted by Gasteiger charge is -2.37. The summed E-state index contributed by atoms with van der Waals surface area (Å²) in [7, 11) is 0. The van der Waals surface area contributed by atoms with Crippen molar-refractivity contribution in [3.8, 4) is 0 Å². The van der Waals surface area contributed by atoms with Gasteiger partial charge in [-0.1, -0.05) is 19.9 Å². The van der Waals surface area contributed by atoms with Gasteiger partial charge in [-0.05, 0) is 42.9 Å². The molecule has 1 aromatic carbocycles. The van der Waals surface area contributed by atoms with Gasteiger partial charge in [-0.2, -0.15) is 0 Å². The number of piperidine rings is 1. The molecular weight excluding hydrogens is 224 g/mol. The predicted molar refractivity (Wildman–Crippen MR) is 74.5 cm³/mol. The monoisotopic (exact) mass is 246 g/mol. The number of nitrogen functional groups attached to an aromatic ring is 1. The van der Waals surface area contributed by atoms with Crippen LogP contribution in [0.1, 0.15) is 42.6 Å². The summed E-state index contributed by atoms with van der Waals surface area (Å²) in [5, 5.41) is 0. The molecule has 0 aromatic heterocycles. The van der Waals surface area contributed by atoms with Gasteiger partial charge in [-0.15, -0.1) is 0 Å². The molecule has 1 amide bonds. The Hall–Kier alpha value is -1.51. The molecular formula is C15H22N2O. The van der Waals surface area contributed by atoms with E-state index in [0.717, 1.165) is 31.5 Å². The maximum atomic E-state index is 12.4. The maximum absolute atomic E-state index is 12.4. The Morgan fingerprint density at radius 1 is 1.28 bits per heavy atom. The molecule has 98 valence electrons. The first-order valence-corrected chi connectivity index (χ1v) is 6.54. The third-order valence-corrected chi connectivity index (χ3v) is 3.84. The minimum absolute atomic E-state index is 0.0722. The predicted octanol–water partition coefficient (Wildman–Crippen LogP) is 2.84. The fraction of sp³-hybridized carbons (Fsp3) is 0.533. The molecule has 18 heavy (non-hydrogen) atoms. The highest BCUT2D eigenvalue weighted by Gasteiger charge is 2.28. The highest BCUT2D eigenvalue weighted by molar-refractivity contribution is 5.99. The fourth-order valence-corrected chi connectivity index (χ4v) is 2.36. The van der Waals surface area contributed by atoms with E-state index in [2.05, 4.69) is 13.8 Å². The van der Waals surface area contributed by atoms with Crippen molar-refractivity contribution in [3.63, 3.8) is 0 Å². The largest absolute Gasteiger partial charge is 0.398 e. The molecule has 0 bridgehead atoms. The molecule has 0 saturated carbocycles. The smallest absolute Gasteiger partial charge is 0.255 e. The number of carbonyl (C=O) groups excluding carboxylic acids is 1. The van der Waals surface area contributed by atoms with Crippen molar-refractivity contribution in [1.82, 2.24) is 4.90 Å². The first kappa shape index (κ1) is 12.9. The Morgan fingerprint density at radius 3 is 2.44 bits per heavy atom. The number of benzene rings is 1. The van der Waals surface area contributed by atoms with E-state index in [1.165, 1.54) is 0 Å². The second kappa shape index (κ2) is 4.63. The summed E-state index contributed by atoms with van der Waals surface area (Å²) in [6, 6.07) is 5.64. The van der Waals surface area contributed by atoms with Crippen LogP contribution in [-0.2, 0) is 0 Å². The number of anilines is 1. The number of carbonyl (C=O) groups is 1. The normalized spacial score (nSPS) is 18.7. The number of likely N-dealkylation sites (tertiary alicyclic amines) is 1.